The first-order valence-electron chi connectivity index (χ1n) is 7.75. The largest absolute Gasteiger partial charge is 0.354 e. The van der Waals surface area contributed by atoms with Crippen LogP contribution >= 0.6 is 12.4 Å². The summed E-state index contributed by atoms with van der Waals surface area (Å²) in [5, 5.41) is 2.85. The Bertz CT molecular complexity index is 496. The van der Waals surface area contributed by atoms with Gasteiger partial charge in [0.2, 0.25) is 5.91 Å². The number of hydrogen-bond acceptors (Lipinski definition) is 3. The molecule has 1 amide bonds. The van der Waals surface area contributed by atoms with Crippen molar-refractivity contribution in [3.8, 4) is 0 Å². The van der Waals surface area contributed by atoms with Gasteiger partial charge in [-0.05, 0) is 31.5 Å². The van der Waals surface area contributed by atoms with Crippen LogP contribution in [0.25, 0.3) is 0 Å². The summed E-state index contributed by atoms with van der Waals surface area (Å²) >= 11 is 0. The van der Waals surface area contributed by atoms with Crippen molar-refractivity contribution in [2.45, 2.75) is 38.3 Å². The Morgan fingerprint density at radius 3 is 2.65 bits per heavy atom. The first-order chi connectivity index (χ1) is 10.6. The molecule has 1 atom stereocenters. The average molecular weight is 348 g/mol. The Morgan fingerprint density at radius 1 is 1.30 bits per heavy atom. The fourth-order valence-electron chi connectivity index (χ4n) is 2.84. The minimum atomic E-state index is -0.517. The highest BCUT2D eigenvalue weighted by Gasteiger charge is 2.24. The predicted octanol–water partition coefficient (Wildman–Crippen LogP) is 2.21. The van der Waals surface area contributed by atoms with E-state index in [0.29, 0.717) is 19.5 Å². The van der Waals surface area contributed by atoms with Gasteiger partial charge in [0.25, 0.3) is 0 Å². The van der Waals surface area contributed by atoms with Gasteiger partial charge in [-0.1, -0.05) is 12.5 Å². The molecule has 4 nitrogen and oxygen atoms in total. The van der Waals surface area contributed by atoms with Crippen molar-refractivity contribution in [3.05, 3.63) is 35.4 Å². The van der Waals surface area contributed by atoms with Crippen LogP contribution in [-0.4, -0.2) is 36.5 Å². The summed E-state index contributed by atoms with van der Waals surface area (Å²) in [6.07, 6.45) is 3.28. The Hall–Kier alpha value is -1.24. The third kappa shape index (κ3) is 5.71. The summed E-state index contributed by atoms with van der Waals surface area (Å²) in [6.45, 7) is 1.83. The Morgan fingerprint density at radius 2 is 2.00 bits per heavy atom. The molecular weight excluding hydrogens is 324 g/mol. The lowest BCUT2D eigenvalue weighted by Crippen LogP contribution is -2.46. The lowest BCUT2D eigenvalue weighted by atomic mass is 10.0. The van der Waals surface area contributed by atoms with Crippen molar-refractivity contribution in [2.24, 2.45) is 5.73 Å². The number of nitrogens with zero attached hydrogens (tertiary/aromatic N) is 1. The molecular formula is C16H24ClF2N3O. The van der Waals surface area contributed by atoms with Gasteiger partial charge in [-0.3, -0.25) is 9.69 Å². The molecule has 1 aliphatic heterocycles. The molecule has 23 heavy (non-hydrogen) atoms. The fourth-order valence-corrected chi connectivity index (χ4v) is 2.84. The summed E-state index contributed by atoms with van der Waals surface area (Å²) in [5.74, 6) is -1.11. The zero-order valence-electron chi connectivity index (χ0n) is 13.1. The van der Waals surface area contributed by atoms with E-state index in [9.17, 15) is 13.6 Å². The van der Waals surface area contributed by atoms with Crippen LogP contribution in [-0.2, 0) is 11.3 Å². The van der Waals surface area contributed by atoms with Crippen molar-refractivity contribution < 1.29 is 13.6 Å². The van der Waals surface area contributed by atoms with E-state index < -0.39 is 11.6 Å². The number of halogens is 3. The molecule has 2 rings (SSSR count). The number of piperidine rings is 1. The standard InChI is InChI=1S/C16H23F2N3O.ClH/c17-14-5-3-6-15(18)13(14)11-21-9-2-1-4-12(21)10-20-16(22)7-8-19;/h3,5-6,12H,1-2,4,7-11,19H2,(H,20,22);1H. The molecule has 0 saturated carbocycles. The molecule has 1 unspecified atom stereocenters. The first kappa shape index (κ1) is 19.8. The lowest BCUT2D eigenvalue weighted by molar-refractivity contribution is -0.121. The van der Waals surface area contributed by atoms with Crippen molar-refractivity contribution in [2.75, 3.05) is 19.6 Å². The number of nitrogens with two attached hydrogens (primary N) is 1. The smallest absolute Gasteiger partial charge is 0.221 e. The molecule has 1 heterocycles. The van der Waals surface area contributed by atoms with Crippen LogP contribution in [0.2, 0.25) is 0 Å². The van der Waals surface area contributed by atoms with Gasteiger partial charge in [0, 0.05) is 37.7 Å². The first-order valence-corrected chi connectivity index (χ1v) is 7.75. The summed E-state index contributed by atoms with van der Waals surface area (Å²) in [5.41, 5.74) is 5.45. The highest BCUT2D eigenvalue weighted by molar-refractivity contribution is 5.85. The third-order valence-electron chi connectivity index (χ3n) is 4.08. The minimum Gasteiger partial charge on any atom is -0.354 e. The number of carbonyl (C=O) groups is 1. The SMILES string of the molecule is Cl.NCCC(=O)NCC1CCCCN1Cc1c(F)cccc1F. The van der Waals surface area contributed by atoms with Gasteiger partial charge in [0.1, 0.15) is 11.6 Å². The van der Waals surface area contributed by atoms with Gasteiger partial charge in [-0.25, -0.2) is 8.78 Å². The Kier molecular flexibility index (Phi) is 8.44. The Labute approximate surface area is 141 Å². The summed E-state index contributed by atoms with van der Waals surface area (Å²) in [6, 6.07) is 4.03. The van der Waals surface area contributed by atoms with E-state index in [1.165, 1.54) is 18.2 Å². The quantitative estimate of drug-likeness (QED) is 0.829. The third-order valence-corrected chi connectivity index (χ3v) is 4.08. The summed E-state index contributed by atoms with van der Waals surface area (Å²) < 4.78 is 27.6. The van der Waals surface area contributed by atoms with Crippen LogP contribution in [0.15, 0.2) is 18.2 Å². The van der Waals surface area contributed by atoms with Crippen LogP contribution in [0.1, 0.15) is 31.2 Å². The number of rotatable bonds is 6. The van der Waals surface area contributed by atoms with E-state index in [1.54, 1.807) is 0 Å². The van der Waals surface area contributed by atoms with E-state index in [-0.39, 0.29) is 36.5 Å². The number of carbonyl (C=O) groups excluding carboxylic acids is 1. The van der Waals surface area contributed by atoms with Gasteiger partial charge >= 0.3 is 0 Å². The molecule has 1 aliphatic rings. The van der Waals surface area contributed by atoms with E-state index in [1.807, 2.05) is 4.90 Å². The second kappa shape index (κ2) is 9.80. The van der Waals surface area contributed by atoms with E-state index in [2.05, 4.69) is 5.32 Å². The molecule has 1 aromatic carbocycles. The summed E-state index contributed by atoms with van der Waals surface area (Å²) in [7, 11) is 0. The predicted molar refractivity (Wildman–Crippen MR) is 88.3 cm³/mol. The van der Waals surface area contributed by atoms with E-state index >= 15 is 0 Å². The molecule has 0 bridgehead atoms. The molecule has 0 aliphatic carbocycles. The fraction of sp³-hybridized carbons (Fsp3) is 0.562. The molecule has 1 fully saturated rings. The zero-order valence-corrected chi connectivity index (χ0v) is 13.9. The number of benzene rings is 1. The highest BCUT2D eigenvalue weighted by Crippen LogP contribution is 2.22. The molecule has 0 radical (unpaired) electrons. The second-order valence-electron chi connectivity index (χ2n) is 5.66. The second-order valence-corrected chi connectivity index (χ2v) is 5.66. The lowest BCUT2D eigenvalue weighted by Gasteiger charge is -2.36. The van der Waals surface area contributed by atoms with Gasteiger partial charge in [0.15, 0.2) is 0 Å². The number of amides is 1. The van der Waals surface area contributed by atoms with Gasteiger partial charge in [0.05, 0.1) is 0 Å². The topological polar surface area (TPSA) is 58.4 Å². The van der Waals surface area contributed by atoms with Crippen molar-refractivity contribution in [1.82, 2.24) is 10.2 Å². The van der Waals surface area contributed by atoms with Crippen LogP contribution in [0.5, 0.6) is 0 Å². The van der Waals surface area contributed by atoms with Gasteiger partial charge in [-0.2, -0.15) is 0 Å². The zero-order chi connectivity index (χ0) is 15.9. The number of nitrogens with one attached hydrogen (secondary N) is 1. The van der Waals surface area contributed by atoms with Crippen LogP contribution in [0.4, 0.5) is 8.78 Å². The molecule has 0 aromatic heterocycles. The van der Waals surface area contributed by atoms with Gasteiger partial charge in [-0.15, -0.1) is 12.4 Å². The van der Waals surface area contributed by atoms with Crippen LogP contribution < -0.4 is 11.1 Å². The molecule has 7 heteroatoms. The normalized spacial score (nSPS) is 18.3. The minimum absolute atomic E-state index is 0. The number of likely N-dealkylation sites (tertiary alicyclic amines) is 1. The average Bonchev–Trinajstić information content (AvgIpc) is 2.50. The van der Waals surface area contributed by atoms with Crippen LogP contribution in [0.3, 0.4) is 0 Å². The maximum Gasteiger partial charge on any atom is 0.221 e. The van der Waals surface area contributed by atoms with E-state index in [4.69, 9.17) is 5.73 Å². The molecule has 1 aromatic rings. The van der Waals surface area contributed by atoms with E-state index in [0.717, 1.165) is 25.8 Å². The Balaban J connectivity index is 0.00000264. The summed E-state index contributed by atoms with van der Waals surface area (Å²) in [4.78, 5) is 13.6. The number of hydrogen-bond donors (Lipinski definition) is 2. The van der Waals surface area contributed by atoms with Crippen LogP contribution in [0, 0.1) is 11.6 Å². The van der Waals surface area contributed by atoms with Crippen molar-refractivity contribution >= 4 is 18.3 Å². The maximum absolute atomic E-state index is 13.8. The van der Waals surface area contributed by atoms with Crippen molar-refractivity contribution in [3.63, 3.8) is 0 Å². The maximum atomic E-state index is 13.8. The molecule has 3 N–H and O–H groups in total. The molecule has 1 saturated heterocycles. The van der Waals surface area contributed by atoms with Crippen molar-refractivity contribution in [1.29, 1.82) is 0 Å². The molecule has 130 valence electrons. The monoisotopic (exact) mass is 347 g/mol. The molecule has 0 spiro atoms. The van der Waals surface area contributed by atoms with Gasteiger partial charge < -0.3 is 11.1 Å². The highest BCUT2D eigenvalue weighted by atomic mass is 35.5.